The third kappa shape index (κ3) is 8.44. The van der Waals surface area contributed by atoms with Crippen LogP contribution in [0.1, 0.15) is 19.4 Å². The SMILES string of the molecule is CC.S.[CH2-]C(C#N)N([CH2-])C(=O)[C@@H](N)Cc1c[nH]c2ccc(OC(=O)Nc3ccccc3)cc12.[Y]. The van der Waals surface area contributed by atoms with E-state index in [0.717, 1.165) is 21.4 Å². The van der Waals surface area contributed by atoms with E-state index >= 15 is 0 Å². The van der Waals surface area contributed by atoms with Crippen LogP contribution in [-0.4, -0.2) is 34.0 Å². The summed E-state index contributed by atoms with van der Waals surface area (Å²) in [5, 5.41) is 12.3. The first-order valence-corrected chi connectivity index (χ1v) is 10.1. The number of benzene rings is 2. The van der Waals surface area contributed by atoms with Gasteiger partial charge in [-0.15, -0.1) is 0 Å². The predicted molar refractivity (Wildman–Crippen MR) is 135 cm³/mol. The molecule has 1 radical (unpaired) electrons. The normalized spacial score (nSPS) is 11.3. The van der Waals surface area contributed by atoms with E-state index in [9.17, 15) is 9.59 Å². The molecule has 34 heavy (non-hydrogen) atoms. The molecule has 0 bridgehead atoms. The molecule has 0 spiro atoms. The van der Waals surface area contributed by atoms with Crippen molar-refractivity contribution in [3.63, 3.8) is 0 Å². The number of carbonyl (C=O) groups excluding carboxylic acids is 2. The number of carbonyl (C=O) groups is 2. The summed E-state index contributed by atoms with van der Waals surface area (Å²) in [4.78, 5) is 28.5. The number of nitrogens with two attached hydrogens (primary N) is 1. The van der Waals surface area contributed by atoms with Crippen LogP contribution in [0, 0.1) is 25.3 Å². The van der Waals surface area contributed by atoms with Crippen molar-refractivity contribution in [1.82, 2.24) is 9.88 Å². The van der Waals surface area contributed by atoms with E-state index in [1.54, 1.807) is 48.7 Å². The number of ether oxygens (including phenoxy) is 1. The largest absolute Gasteiger partial charge is 0.505 e. The Bertz CT molecular complexity index is 1100. The van der Waals surface area contributed by atoms with E-state index in [-0.39, 0.29) is 52.6 Å². The van der Waals surface area contributed by atoms with Crippen LogP contribution in [0.2, 0.25) is 0 Å². The first kappa shape index (κ1) is 31.6. The van der Waals surface area contributed by atoms with Crippen LogP contribution in [0.5, 0.6) is 5.75 Å². The Hall–Kier alpha value is -2.38. The van der Waals surface area contributed by atoms with Crippen molar-refractivity contribution in [1.29, 1.82) is 5.26 Å². The van der Waals surface area contributed by atoms with E-state index < -0.39 is 24.1 Å². The number of hydrogen-bond donors (Lipinski definition) is 3. The topological polar surface area (TPSA) is 124 Å². The molecule has 2 amide bonds. The third-order valence-corrected chi connectivity index (χ3v) is 4.53. The average molecular weight is 557 g/mol. The van der Waals surface area contributed by atoms with Crippen LogP contribution in [0.25, 0.3) is 10.9 Å². The number of fused-ring (bicyclic) bond motifs is 1. The average Bonchev–Trinajstić information content (AvgIpc) is 3.21. The van der Waals surface area contributed by atoms with Gasteiger partial charge in [0.2, 0.25) is 5.91 Å². The van der Waals surface area contributed by atoms with Gasteiger partial charge in [-0.25, -0.2) is 4.79 Å². The standard InChI is InChI=1S/C22H21N5O3.C2H6.H2S.Y/c1-14(12-23)27(2)21(28)19(24)10-15-13-25-20-9-8-17(11-18(15)20)30-22(29)26-16-6-4-3-5-7-16;1-2;;/h3-9,11,13-14,19,25H,1-2,10,24H2,(H,26,29);1-2H3;1H2;/q-2;;;/t14?,19-;;;/m0.../s1. The van der Waals surface area contributed by atoms with E-state index in [1.807, 2.05) is 26.0 Å². The van der Waals surface area contributed by atoms with Crippen molar-refractivity contribution < 1.29 is 47.0 Å². The third-order valence-electron chi connectivity index (χ3n) is 4.53. The Labute approximate surface area is 232 Å². The van der Waals surface area contributed by atoms with Gasteiger partial charge in [0.25, 0.3) is 0 Å². The number of amides is 2. The molecule has 1 aromatic heterocycles. The summed E-state index contributed by atoms with van der Waals surface area (Å²) in [6.07, 6.45) is 1.34. The molecule has 3 rings (SSSR count). The number of aromatic nitrogens is 1. The zero-order chi connectivity index (χ0) is 23.7. The minimum absolute atomic E-state index is 0. The maximum Gasteiger partial charge on any atom is 0.417 e. The van der Waals surface area contributed by atoms with Gasteiger partial charge in [-0.05, 0) is 48.4 Å². The van der Waals surface area contributed by atoms with Crippen molar-refractivity contribution in [3.05, 3.63) is 74.3 Å². The van der Waals surface area contributed by atoms with Gasteiger partial charge in [0, 0.05) is 55.5 Å². The molecule has 8 nitrogen and oxygen atoms in total. The van der Waals surface area contributed by atoms with Gasteiger partial charge < -0.3 is 27.3 Å². The molecule has 2 atom stereocenters. The van der Waals surface area contributed by atoms with Crippen molar-refractivity contribution in [2.45, 2.75) is 32.4 Å². The van der Waals surface area contributed by atoms with Crippen LogP contribution in [-0.2, 0) is 43.9 Å². The Morgan fingerprint density at radius 2 is 1.88 bits per heavy atom. The summed E-state index contributed by atoms with van der Waals surface area (Å²) in [6.45, 7) is 7.54. The Morgan fingerprint density at radius 3 is 2.50 bits per heavy atom. The number of anilines is 1. The number of aromatic amines is 1. The quantitative estimate of drug-likeness (QED) is 0.394. The summed E-state index contributed by atoms with van der Waals surface area (Å²) in [6, 6.07) is 14.1. The molecule has 0 fully saturated rings. The summed E-state index contributed by atoms with van der Waals surface area (Å²) >= 11 is 0. The second-order valence-electron chi connectivity index (χ2n) is 6.67. The van der Waals surface area contributed by atoms with Crippen LogP contribution in [0.15, 0.2) is 54.7 Å². The number of nitrogens with one attached hydrogen (secondary N) is 2. The molecular formula is C24H29N5O3SY-2. The fourth-order valence-corrected chi connectivity index (χ4v) is 2.92. The molecule has 0 saturated carbocycles. The number of para-hydroxylation sites is 1. The van der Waals surface area contributed by atoms with Gasteiger partial charge in [-0.3, -0.25) is 17.2 Å². The molecule has 10 heteroatoms. The van der Waals surface area contributed by atoms with Gasteiger partial charge in [-0.1, -0.05) is 32.0 Å². The van der Waals surface area contributed by atoms with Gasteiger partial charge in [0.05, 0.1) is 12.1 Å². The van der Waals surface area contributed by atoms with Crippen molar-refractivity contribution in [2.75, 3.05) is 5.32 Å². The predicted octanol–water partition coefficient (Wildman–Crippen LogP) is 4.13. The summed E-state index contributed by atoms with van der Waals surface area (Å²) in [5.74, 6) is -0.140. The summed E-state index contributed by atoms with van der Waals surface area (Å²) in [5.41, 5.74) is 8.21. The van der Waals surface area contributed by atoms with Crippen molar-refractivity contribution in [2.24, 2.45) is 5.73 Å². The fraction of sp³-hybridized carbons (Fsp3) is 0.208. The van der Waals surface area contributed by atoms with Gasteiger partial charge in [0.1, 0.15) is 5.75 Å². The second-order valence-corrected chi connectivity index (χ2v) is 6.67. The molecule has 4 N–H and O–H groups in total. The maximum atomic E-state index is 12.4. The van der Waals surface area contributed by atoms with E-state index in [1.165, 1.54) is 0 Å². The second kappa shape index (κ2) is 15.5. The number of nitriles is 1. The minimum Gasteiger partial charge on any atom is -0.505 e. The van der Waals surface area contributed by atoms with E-state index in [2.05, 4.69) is 24.3 Å². The number of hydrogen-bond acceptors (Lipinski definition) is 5. The van der Waals surface area contributed by atoms with Gasteiger partial charge >= 0.3 is 6.09 Å². The van der Waals surface area contributed by atoms with Gasteiger partial charge in [0.15, 0.2) is 0 Å². The molecule has 3 aromatic rings. The molecule has 0 aliphatic rings. The van der Waals surface area contributed by atoms with Crippen molar-refractivity contribution >= 4 is 42.1 Å². The molecule has 0 aliphatic heterocycles. The first-order valence-electron chi connectivity index (χ1n) is 10.1. The Morgan fingerprint density at radius 1 is 1.24 bits per heavy atom. The van der Waals surface area contributed by atoms with Gasteiger partial charge in [-0.2, -0.15) is 18.8 Å². The first-order chi connectivity index (χ1) is 15.4. The zero-order valence-electron chi connectivity index (χ0n) is 19.2. The summed E-state index contributed by atoms with van der Waals surface area (Å²) in [7, 11) is 3.55. The maximum absolute atomic E-state index is 12.4. The van der Waals surface area contributed by atoms with Crippen molar-refractivity contribution in [3.8, 4) is 11.8 Å². The molecule has 179 valence electrons. The smallest absolute Gasteiger partial charge is 0.417 e. The van der Waals surface area contributed by atoms with E-state index in [0.29, 0.717) is 11.4 Å². The van der Waals surface area contributed by atoms with Crippen LogP contribution >= 0.6 is 13.5 Å². The van der Waals surface area contributed by atoms with E-state index in [4.69, 9.17) is 15.7 Å². The summed E-state index contributed by atoms with van der Waals surface area (Å²) < 4.78 is 5.36. The Kier molecular flexibility index (Phi) is 14.4. The van der Waals surface area contributed by atoms with Crippen LogP contribution < -0.4 is 15.8 Å². The molecular weight excluding hydrogens is 527 g/mol. The van der Waals surface area contributed by atoms with Crippen LogP contribution in [0.4, 0.5) is 10.5 Å². The molecule has 0 saturated heterocycles. The number of H-pyrrole nitrogens is 1. The van der Waals surface area contributed by atoms with Crippen LogP contribution in [0.3, 0.4) is 0 Å². The zero-order valence-corrected chi connectivity index (χ0v) is 23.1. The molecule has 2 aromatic carbocycles. The molecule has 0 aliphatic carbocycles. The monoisotopic (exact) mass is 556 g/mol. The molecule has 1 unspecified atom stereocenters. The Balaban J connectivity index is 0.00000265. The molecule has 1 heterocycles. The minimum atomic E-state index is -0.922. The number of nitrogens with zero attached hydrogens (tertiary/aromatic N) is 2. The fourth-order valence-electron chi connectivity index (χ4n) is 2.92. The number of rotatable bonds is 6.